The van der Waals surface area contributed by atoms with E-state index in [9.17, 15) is 14.4 Å². The second kappa shape index (κ2) is 47.3. The Morgan fingerprint density at radius 2 is 0.763 bits per heavy atom. The van der Waals surface area contributed by atoms with E-state index < -0.39 is 6.10 Å². The van der Waals surface area contributed by atoms with Crippen LogP contribution in [0.4, 0.5) is 0 Å². The van der Waals surface area contributed by atoms with Gasteiger partial charge in [-0.15, -0.1) is 0 Å². The molecule has 6 heteroatoms. The first kappa shape index (κ1) is 55.6. The second-order valence-electron chi connectivity index (χ2n) is 15.7. The summed E-state index contributed by atoms with van der Waals surface area (Å²) < 4.78 is 16.7. The van der Waals surface area contributed by atoms with E-state index in [1.807, 2.05) is 12.2 Å². The third-order valence-electron chi connectivity index (χ3n) is 9.96. The Labute approximate surface area is 363 Å². The predicted molar refractivity (Wildman–Crippen MR) is 251 cm³/mol. The number of ether oxygens (including phenoxy) is 3. The van der Waals surface area contributed by atoms with Crippen LogP contribution in [0, 0.1) is 0 Å². The third kappa shape index (κ3) is 45.5. The van der Waals surface area contributed by atoms with Gasteiger partial charge < -0.3 is 14.2 Å². The molecule has 0 bridgehead atoms. The lowest BCUT2D eigenvalue weighted by Gasteiger charge is -2.18. The Morgan fingerprint density at radius 3 is 1.31 bits per heavy atom. The van der Waals surface area contributed by atoms with Crippen molar-refractivity contribution >= 4 is 17.9 Å². The monoisotopic (exact) mass is 821 g/mol. The number of carbonyl (C=O) groups is 3. The van der Waals surface area contributed by atoms with E-state index >= 15 is 0 Å². The zero-order chi connectivity index (χ0) is 43.0. The van der Waals surface area contributed by atoms with Crippen molar-refractivity contribution in [2.24, 2.45) is 0 Å². The van der Waals surface area contributed by atoms with Gasteiger partial charge in [0.05, 0.1) is 0 Å². The van der Waals surface area contributed by atoms with Gasteiger partial charge in [-0.3, -0.25) is 14.4 Å². The van der Waals surface area contributed by atoms with Crippen LogP contribution in [0.15, 0.2) is 85.1 Å². The first-order valence-corrected chi connectivity index (χ1v) is 24.1. The number of rotatable bonds is 42. The Kier molecular flexibility index (Phi) is 44.5. The fourth-order valence-electron chi connectivity index (χ4n) is 6.31. The van der Waals surface area contributed by atoms with E-state index in [2.05, 4.69) is 93.7 Å². The molecule has 0 saturated heterocycles. The van der Waals surface area contributed by atoms with Crippen molar-refractivity contribution < 1.29 is 28.6 Å². The maximum Gasteiger partial charge on any atom is 0.306 e. The van der Waals surface area contributed by atoms with Gasteiger partial charge in [0.15, 0.2) is 6.10 Å². The van der Waals surface area contributed by atoms with Gasteiger partial charge in [0, 0.05) is 19.3 Å². The molecule has 0 heterocycles. The predicted octanol–water partition coefficient (Wildman–Crippen LogP) is 15.6. The molecule has 0 amide bonds. The van der Waals surface area contributed by atoms with Crippen molar-refractivity contribution in [3.8, 4) is 0 Å². The highest BCUT2D eigenvalue weighted by Crippen LogP contribution is 2.13. The molecule has 0 aliphatic carbocycles. The molecule has 0 radical (unpaired) electrons. The minimum absolute atomic E-state index is 0.109. The molecule has 0 fully saturated rings. The molecule has 0 aromatic rings. The van der Waals surface area contributed by atoms with Crippen LogP contribution in [0.5, 0.6) is 0 Å². The maximum atomic E-state index is 12.7. The van der Waals surface area contributed by atoms with Gasteiger partial charge in [0.2, 0.25) is 0 Å². The van der Waals surface area contributed by atoms with Gasteiger partial charge in [0.25, 0.3) is 0 Å². The number of carbonyl (C=O) groups excluding carboxylic acids is 3. The van der Waals surface area contributed by atoms with Crippen molar-refractivity contribution in [3.05, 3.63) is 85.1 Å². The molecule has 59 heavy (non-hydrogen) atoms. The summed E-state index contributed by atoms with van der Waals surface area (Å²) in [4.78, 5) is 37.8. The van der Waals surface area contributed by atoms with Gasteiger partial charge in [0.1, 0.15) is 13.2 Å². The third-order valence-corrected chi connectivity index (χ3v) is 9.96. The molecule has 0 aromatic carbocycles. The van der Waals surface area contributed by atoms with Gasteiger partial charge >= 0.3 is 17.9 Å². The SMILES string of the molecule is CC/C=C/C=C/C=C/CCCCCCCC(=O)OC(COC(=O)CC/C=C/C/C=C/CCCCCCCC)COC(=O)CCCCCCCC/C=C/C=C/CCCCC. The standard InChI is InChI=1S/C53H88O6/c1-4-7-10-13-16-19-22-25-26-29-31-34-37-40-43-46-52(55)58-49-50(59-53(56)47-44-41-38-35-32-28-24-21-18-15-12-9-6-3)48-57-51(54)45-42-39-36-33-30-27-23-20-17-14-11-8-5-2/h9,12,15-16,18-19,21-22,24-25,27,30,36,39,50H,4-8,10-11,13-14,17,20,23,26,28-29,31-35,37-38,40-49H2,1-3H3/b12-9+,18-15+,19-16+,24-21+,25-22+,30-27+,39-36+. The van der Waals surface area contributed by atoms with Crippen molar-refractivity contribution in [1.82, 2.24) is 0 Å². The van der Waals surface area contributed by atoms with Crippen LogP contribution in [0.1, 0.15) is 213 Å². The molecule has 0 N–H and O–H groups in total. The summed E-state index contributed by atoms with van der Waals surface area (Å²) in [6.07, 6.45) is 60.0. The lowest BCUT2D eigenvalue weighted by molar-refractivity contribution is -0.166. The molecule has 0 rings (SSSR count). The Hall–Kier alpha value is -3.41. The first-order valence-electron chi connectivity index (χ1n) is 24.1. The summed E-state index contributed by atoms with van der Waals surface area (Å²) in [5.74, 6) is -1.02. The number of allylic oxidation sites excluding steroid dienone is 14. The van der Waals surface area contributed by atoms with Crippen LogP contribution in [-0.2, 0) is 28.6 Å². The van der Waals surface area contributed by atoms with E-state index in [-0.39, 0.29) is 37.5 Å². The van der Waals surface area contributed by atoms with E-state index in [1.165, 1.54) is 77.0 Å². The molecular weight excluding hydrogens is 733 g/mol. The largest absolute Gasteiger partial charge is 0.462 e. The molecule has 0 spiro atoms. The molecule has 0 saturated carbocycles. The summed E-state index contributed by atoms with van der Waals surface area (Å²) in [7, 11) is 0. The number of hydrogen-bond acceptors (Lipinski definition) is 6. The zero-order valence-electron chi connectivity index (χ0n) is 38.2. The van der Waals surface area contributed by atoms with Gasteiger partial charge in [-0.2, -0.15) is 0 Å². The zero-order valence-corrected chi connectivity index (χ0v) is 38.2. The molecule has 1 atom stereocenters. The fraction of sp³-hybridized carbons (Fsp3) is 0.679. The van der Waals surface area contributed by atoms with Crippen LogP contribution >= 0.6 is 0 Å². The average Bonchev–Trinajstić information content (AvgIpc) is 3.23. The number of hydrogen-bond donors (Lipinski definition) is 0. The average molecular weight is 821 g/mol. The Bertz CT molecular complexity index is 1170. The van der Waals surface area contributed by atoms with Gasteiger partial charge in [-0.05, 0) is 83.5 Å². The maximum absolute atomic E-state index is 12.7. The quantitative estimate of drug-likeness (QED) is 0.0201. The summed E-state index contributed by atoms with van der Waals surface area (Å²) in [5, 5.41) is 0. The lowest BCUT2D eigenvalue weighted by Crippen LogP contribution is -2.30. The smallest absolute Gasteiger partial charge is 0.306 e. The van der Waals surface area contributed by atoms with E-state index in [4.69, 9.17) is 14.2 Å². The Morgan fingerprint density at radius 1 is 0.373 bits per heavy atom. The lowest BCUT2D eigenvalue weighted by atomic mass is 10.1. The van der Waals surface area contributed by atoms with Gasteiger partial charge in [-0.1, -0.05) is 196 Å². The second-order valence-corrected chi connectivity index (χ2v) is 15.7. The molecular formula is C53H88O6. The molecule has 0 aromatic heterocycles. The Balaban J connectivity index is 4.51. The first-order chi connectivity index (χ1) is 29.0. The van der Waals surface area contributed by atoms with Gasteiger partial charge in [-0.25, -0.2) is 0 Å². The molecule has 336 valence electrons. The highest BCUT2D eigenvalue weighted by atomic mass is 16.6. The van der Waals surface area contributed by atoms with Crippen LogP contribution in [-0.4, -0.2) is 37.2 Å². The highest BCUT2D eigenvalue weighted by molar-refractivity contribution is 5.71. The van der Waals surface area contributed by atoms with Crippen molar-refractivity contribution in [2.45, 2.75) is 219 Å². The highest BCUT2D eigenvalue weighted by Gasteiger charge is 2.19. The van der Waals surface area contributed by atoms with E-state index in [1.54, 1.807) is 0 Å². The molecule has 6 nitrogen and oxygen atoms in total. The molecule has 0 aliphatic rings. The van der Waals surface area contributed by atoms with E-state index in [0.29, 0.717) is 19.3 Å². The minimum Gasteiger partial charge on any atom is -0.462 e. The van der Waals surface area contributed by atoms with Crippen LogP contribution < -0.4 is 0 Å². The van der Waals surface area contributed by atoms with Crippen molar-refractivity contribution in [2.75, 3.05) is 13.2 Å². The molecule has 1 unspecified atom stereocenters. The van der Waals surface area contributed by atoms with E-state index in [0.717, 1.165) is 89.9 Å². The minimum atomic E-state index is -0.813. The van der Waals surface area contributed by atoms with Crippen LogP contribution in [0.3, 0.4) is 0 Å². The van der Waals surface area contributed by atoms with Crippen LogP contribution in [0.25, 0.3) is 0 Å². The summed E-state index contributed by atoms with van der Waals surface area (Å²) in [5.41, 5.74) is 0. The topological polar surface area (TPSA) is 78.9 Å². The van der Waals surface area contributed by atoms with Crippen molar-refractivity contribution in [1.29, 1.82) is 0 Å². The summed E-state index contributed by atoms with van der Waals surface area (Å²) in [6.45, 7) is 6.37. The number of unbranched alkanes of at least 4 members (excludes halogenated alkanes) is 20. The summed E-state index contributed by atoms with van der Waals surface area (Å²) >= 11 is 0. The number of esters is 3. The van der Waals surface area contributed by atoms with Crippen LogP contribution in [0.2, 0.25) is 0 Å². The summed E-state index contributed by atoms with van der Waals surface area (Å²) in [6, 6.07) is 0. The molecule has 0 aliphatic heterocycles. The van der Waals surface area contributed by atoms with Crippen molar-refractivity contribution in [3.63, 3.8) is 0 Å². The fourth-order valence-corrected chi connectivity index (χ4v) is 6.31. The normalized spacial score (nSPS) is 12.8.